The molecule has 1 unspecified atom stereocenters. The number of carbonyl (C=O) groups excluding carboxylic acids is 1. The fourth-order valence-electron chi connectivity index (χ4n) is 3.24. The molecule has 1 aromatic rings. The summed E-state index contributed by atoms with van der Waals surface area (Å²) in [4.78, 5) is 12.1. The van der Waals surface area contributed by atoms with Gasteiger partial charge in [-0.15, -0.1) is 12.4 Å². The lowest BCUT2D eigenvalue weighted by Gasteiger charge is -2.42. The van der Waals surface area contributed by atoms with Crippen LogP contribution in [0, 0.1) is 5.92 Å². The van der Waals surface area contributed by atoms with Crippen LogP contribution >= 0.6 is 12.4 Å². The van der Waals surface area contributed by atoms with E-state index in [0.29, 0.717) is 0 Å². The smallest absolute Gasteiger partial charge is 0.224 e. The number of benzene rings is 1. The third kappa shape index (κ3) is 2.99. The molecule has 1 amide bonds. The van der Waals surface area contributed by atoms with Gasteiger partial charge in [0.05, 0.1) is 5.92 Å². The molecular formula is C16H23ClN2O. The second kappa shape index (κ2) is 6.59. The Labute approximate surface area is 126 Å². The molecule has 0 bridgehead atoms. The molecule has 0 spiro atoms. The monoisotopic (exact) mass is 294 g/mol. The Morgan fingerprint density at radius 3 is 2.60 bits per heavy atom. The van der Waals surface area contributed by atoms with Crippen molar-refractivity contribution in [3.8, 4) is 0 Å². The first-order valence-corrected chi connectivity index (χ1v) is 7.34. The van der Waals surface area contributed by atoms with Gasteiger partial charge in [0.2, 0.25) is 5.91 Å². The number of halogens is 1. The zero-order chi connectivity index (χ0) is 13.1. The molecule has 2 fully saturated rings. The van der Waals surface area contributed by atoms with Crippen molar-refractivity contribution >= 4 is 18.3 Å². The third-order valence-electron chi connectivity index (χ3n) is 4.73. The van der Waals surface area contributed by atoms with Gasteiger partial charge in [-0.1, -0.05) is 36.8 Å². The molecule has 1 saturated carbocycles. The Kier molecular flexibility index (Phi) is 5.06. The Bertz CT molecular complexity index is 439. The summed E-state index contributed by atoms with van der Waals surface area (Å²) in [5.74, 6) is 0.403. The summed E-state index contributed by atoms with van der Waals surface area (Å²) in [7, 11) is 0. The molecule has 0 aromatic heterocycles. The predicted octanol–water partition coefficient (Wildman–Crippen LogP) is 2.26. The molecule has 1 aliphatic heterocycles. The average Bonchev–Trinajstić information content (AvgIpc) is 2.92. The largest absolute Gasteiger partial charge is 0.355 e. The van der Waals surface area contributed by atoms with Crippen molar-refractivity contribution in [3.05, 3.63) is 35.9 Å². The zero-order valence-electron chi connectivity index (χ0n) is 11.7. The van der Waals surface area contributed by atoms with Gasteiger partial charge in [0.25, 0.3) is 0 Å². The highest BCUT2D eigenvalue weighted by Gasteiger charge is 2.39. The normalized spacial score (nSPS) is 23.5. The highest BCUT2D eigenvalue weighted by atomic mass is 35.5. The molecule has 1 aromatic carbocycles. The topological polar surface area (TPSA) is 41.1 Å². The highest BCUT2D eigenvalue weighted by molar-refractivity contribution is 5.85. The van der Waals surface area contributed by atoms with Gasteiger partial charge in [0.1, 0.15) is 0 Å². The third-order valence-corrected chi connectivity index (χ3v) is 4.73. The molecule has 3 nitrogen and oxygen atoms in total. The second-order valence-electron chi connectivity index (χ2n) is 5.91. The molecule has 1 saturated heterocycles. The van der Waals surface area contributed by atoms with Crippen molar-refractivity contribution < 1.29 is 4.79 Å². The summed E-state index contributed by atoms with van der Waals surface area (Å²) in [5.41, 5.74) is 1.58. The summed E-state index contributed by atoms with van der Waals surface area (Å²) in [6, 6.07) is 10.6. The standard InChI is InChI=1S/C16H22N2O.ClH/c19-15(13-7-10-17-11-13)18-12-16(8-4-9-16)14-5-2-1-3-6-14;/h1-3,5-6,13,17H,4,7-12H2,(H,18,19);1H. The van der Waals surface area contributed by atoms with E-state index < -0.39 is 0 Å². The number of amides is 1. The lowest BCUT2D eigenvalue weighted by molar-refractivity contribution is -0.124. The zero-order valence-corrected chi connectivity index (χ0v) is 12.5. The van der Waals surface area contributed by atoms with Crippen LogP contribution in [0.25, 0.3) is 0 Å². The molecule has 3 rings (SSSR count). The van der Waals surface area contributed by atoms with Crippen LogP contribution < -0.4 is 10.6 Å². The van der Waals surface area contributed by atoms with Gasteiger partial charge in [-0.2, -0.15) is 0 Å². The van der Waals surface area contributed by atoms with Gasteiger partial charge in [-0.3, -0.25) is 4.79 Å². The summed E-state index contributed by atoms with van der Waals surface area (Å²) in [5, 5.41) is 6.44. The highest BCUT2D eigenvalue weighted by Crippen LogP contribution is 2.43. The average molecular weight is 295 g/mol. The number of carbonyl (C=O) groups is 1. The lowest BCUT2D eigenvalue weighted by Crippen LogP contribution is -2.47. The molecule has 1 heterocycles. The van der Waals surface area contributed by atoms with Gasteiger partial charge in [-0.05, 0) is 31.4 Å². The van der Waals surface area contributed by atoms with Gasteiger partial charge < -0.3 is 10.6 Å². The Morgan fingerprint density at radius 2 is 2.05 bits per heavy atom. The van der Waals surface area contributed by atoms with Crippen LogP contribution in [0.5, 0.6) is 0 Å². The molecule has 0 radical (unpaired) electrons. The van der Waals surface area contributed by atoms with Gasteiger partial charge in [0, 0.05) is 18.5 Å². The molecule has 1 atom stereocenters. The van der Waals surface area contributed by atoms with Crippen molar-refractivity contribution in [3.63, 3.8) is 0 Å². The van der Waals surface area contributed by atoms with E-state index in [9.17, 15) is 4.79 Å². The van der Waals surface area contributed by atoms with Gasteiger partial charge >= 0.3 is 0 Å². The fourth-order valence-corrected chi connectivity index (χ4v) is 3.24. The van der Waals surface area contributed by atoms with Crippen LogP contribution in [-0.2, 0) is 10.2 Å². The van der Waals surface area contributed by atoms with Gasteiger partial charge in [0.15, 0.2) is 0 Å². The number of rotatable bonds is 4. The van der Waals surface area contributed by atoms with E-state index in [2.05, 4.69) is 41.0 Å². The van der Waals surface area contributed by atoms with Crippen molar-refractivity contribution in [2.75, 3.05) is 19.6 Å². The minimum atomic E-state index is 0. The first-order valence-electron chi connectivity index (χ1n) is 7.34. The quantitative estimate of drug-likeness (QED) is 0.894. The Morgan fingerprint density at radius 1 is 1.30 bits per heavy atom. The van der Waals surface area contributed by atoms with Crippen molar-refractivity contribution in [2.45, 2.75) is 31.1 Å². The van der Waals surface area contributed by atoms with E-state index in [-0.39, 0.29) is 29.6 Å². The van der Waals surface area contributed by atoms with E-state index in [1.165, 1.54) is 24.8 Å². The number of hydrogen-bond acceptors (Lipinski definition) is 2. The van der Waals surface area contributed by atoms with Crippen LogP contribution in [0.15, 0.2) is 30.3 Å². The Balaban J connectivity index is 0.00000147. The first-order chi connectivity index (χ1) is 9.30. The maximum atomic E-state index is 12.1. The summed E-state index contributed by atoms with van der Waals surface area (Å²) >= 11 is 0. The second-order valence-corrected chi connectivity index (χ2v) is 5.91. The van der Waals surface area contributed by atoms with E-state index >= 15 is 0 Å². The molecule has 2 aliphatic rings. The molecule has 1 aliphatic carbocycles. The lowest BCUT2D eigenvalue weighted by atomic mass is 9.64. The fraction of sp³-hybridized carbons (Fsp3) is 0.562. The maximum absolute atomic E-state index is 12.1. The summed E-state index contributed by atoms with van der Waals surface area (Å²) < 4.78 is 0. The minimum Gasteiger partial charge on any atom is -0.355 e. The number of hydrogen-bond donors (Lipinski definition) is 2. The van der Waals surface area contributed by atoms with E-state index in [4.69, 9.17) is 0 Å². The van der Waals surface area contributed by atoms with E-state index in [1.807, 2.05) is 0 Å². The van der Waals surface area contributed by atoms with E-state index in [0.717, 1.165) is 26.1 Å². The molecule has 110 valence electrons. The minimum absolute atomic E-state index is 0. The molecular weight excluding hydrogens is 272 g/mol. The van der Waals surface area contributed by atoms with Crippen LogP contribution in [0.1, 0.15) is 31.2 Å². The summed E-state index contributed by atoms with van der Waals surface area (Å²) in [6.45, 7) is 2.61. The van der Waals surface area contributed by atoms with Crippen molar-refractivity contribution in [2.24, 2.45) is 5.92 Å². The predicted molar refractivity (Wildman–Crippen MR) is 83.2 cm³/mol. The summed E-state index contributed by atoms with van der Waals surface area (Å²) in [6.07, 6.45) is 4.64. The first kappa shape index (κ1) is 15.3. The molecule has 20 heavy (non-hydrogen) atoms. The van der Waals surface area contributed by atoms with E-state index in [1.54, 1.807) is 0 Å². The van der Waals surface area contributed by atoms with Crippen LogP contribution in [-0.4, -0.2) is 25.5 Å². The molecule has 4 heteroatoms. The van der Waals surface area contributed by atoms with Crippen LogP contribution in [0.4, 0.5) is 0 Å². The van der Waals surface area contributed by atoms with Crippen LogP contribution in [0.2, 0.25) is 0 Å². The SMILES string of the molecule is Cl.O=C(NCC1(c2ccccc2)CCC1)C1CCNC1. The van der Waals surface area contributed by atoms with Crippen molar-refractivity contribution in [1.82, 2.24) is 10.6 Å². The Hall–Kier alpha value is -1.06. The van der Waals surface area contributed by atoms with Gasteiger partial charge in [-0.25, -0.2) is 0 Å². The number of nitrogens with one attached hydrogen (secondary N) is 2. The van der Waals surface area contributed by atoms with Crippen LogP contribution in [0.3, 0.4) is 0 Å². The maximum Gasteiger partial charge on any atom is 0.224 e. The molecule has 2 N–H and O–H groups in total. The van der Waals surface area contributed by atoms with Crippen molar-refractivity contribution in [1.29, 1.82) is 0 Å².